The van der Waals surface area contributed by atoms with Crippen LogP contribution in [-0.2, 0) is 28.8 Å². The highest BCUT2D eigenvalue weighted by atomic mass is 16.3. The van der Waals surface area contributed by atoms with Gasteiger partial charge in [-0.3, -0.25) is 28.8 Å². The molecule has 2 rings (SSSR count). The maximum atomic E-state index is 12.9. The van der Waals surface area contributed by atoms with Gasteiger partial charge in [-0.2, -0.15) is 0 Å². The van der Waals surface area contributed by atoms with E-state index in [1.54, 1.807) is 0 Å². The molecule has 2 heterocycles. The Morgan fingerprint density at radius 3 is 2.29 bits per heavy atom. The van der Waals surface area contributed by atoms with Gasteiger partial charge < -0.3 is 41.7 Å². The van der Waals surface area contributed by atoms with E-state index in [9.17, 15) is 33.9 Å². The summed E-state index contributed by atoms with van der Waals surface area (Å²) >= 11 is 0. The molecule has 2 saturated heterocycles. The Bertz CT molecular complexity index is 824. The van der Waals surface area contributed by atoms with Crippen LogP contribution in [0, 0.1) is 0 Å². The first-order chi connectivity index (χ1) is 16.6. The Morgan fingerprint density at radius 2 is 1.66 bits per heavy atom. The van der Waals surface area contributed by atoms with E-state index in [0.29, 0.717) is 38.8 Å². The summed E-state index contributed by atoms with van der Waals surface area (Å²) in [5.41, 5.74) is 5.34. The summed E-state index contributed by atoms with van der Waals surface area (Å²) in [5, 5.41) is 25.0. The van der Waals surface area contributed by atoms with E-state index in [2.05, 4.69) is 16.0 Å². The van der Waals surface area contributed by atoms with Crippen LogP contribution in [0.4, 0.5) is 0 Å². The molecule has 0 spiro atoms. The van der Waals surface area contributed by atoms with Gasteiger partial charge in [0, 0.05) is 13.1 Å². The quantitative estimate of drug-likeness (QED) is 0.162. The molecule has 0 saturated carbocycles. The topological polar surface area (TPSA) is 211 Å². The molecular formula is C21H33N6O8. The molecular weight excluding hydrogens is 464 g/mol. The summed E-state index contributed by atoms with van der Waals surface area (Å²) in [5.74, 6) is -3.19. The van der Waals surface area contributed by atoms with Crippen LogP contribution in [0.15, 0.2) is 0 Å². The lowest BCUT2D eigenvalue weighted by Crippen LogP contribution is -2.56. The van der Waals surface area contributed by atoms with Crippen LogP contribution in [-0.4, -0.2) is 119 Å². The Labute approximate surface area is 202 Å². The van der Waals surface area contributed by atoms with Gasteiger partial charge in [-0.25, -0.2) is 0 Å². The number of carbonyl (C=O) groups excluding carboxylic acids is 6. The number of nitrogens with zero attached hydrogens (tertiary/aromatic N) is 2. The first-order valence-electron chi connectivity index (χ1n) is 11.5. The van der Waals surface area contributed by atoms with Crippen molar-refractivity contribution in [3.05, 3.63) is 0 Å². The number of amides is 5. The van der Waals surface area contributed by atoms with Crippen LogP contribution in [0.2, 0.25) is 0 Å². The number of nitrogens with two attached hydrogens (primary N) is 1. The number of rotatable bonds is 11. The first kappa shape index (κ1) is 28.1. The lowest BCUT2D eigenvalue weighted by atomic mass is 10.1. The molecule has 5 amide bonds. The van der Waals surface area contributed by atoms with E-state index in [1.165, 1.54) is 16.7 Å². The van der Waals surface area contributed by atoms with E-state index < -0.39 is 73.6 Å². The minimum atomic E-state index is -1.39. The lowest BCUT2D eigenvalue weighted by molar-refractivity contribution is -0.145. The van der Waals surface area contributed by atoms with Gasteiger partial charge in [0.25, 0.3) is 0 Å². The average Bonchev–Trinajstić information content (AvgIpc) is 3.53. The van der Waals surface area contributed by atoms with Gasteiger partial charge in [0.1, 0.15) is 24.2 Å². The van der Waals surface area contributed by atoms with Gasteiger partial charge >= 0.3 is 0 Å². The van der Waals surface area contributed by atoms with Crippen molar-refractivity contribution < 1.29 is 39.0 Å². The van der Waals surface area contributed by atoms with Crippen molar-refractivity contribution in [3.63, 3.8) is 0 Å². The zero-order chi connectivity index (χ0) is 26.1. The third-order valence-electron chi connectivity index (χ3n) is 6.01. The van der Waals surface area contributed by atoms with Crippen LogP contribution in [0.5, 0.6) is 0 Å². The van der Waals surface area contributed by atoms with Crippen LogP contribution in [0.25, 0.3) is 0 Å². The second-order valence-corrected chi connectivity index (χ2v) is 8.54. The molecule has 2 fully saturated rings. The van der Waals surface area contributed by atoms with E-state index in [0.717, 1.165) is 0 Å². The molecule has 1 radical (unpaired) electrons. The summed E-state index contributed by atoms with van der Waals surface area (Å²) in [6.07, 6.45) is 4.17. The molecule has 195 valence electrons. The van der Waals surface area contributed by atoms with Crippen LogP contribution in [0.1, 0.15) is 32.6 Å². The third-order valence-corrected chi connectivity index (χ3v) is 6.01. The largest absolute Gasteiger partial charge is 0.394 e. The second-order valence-electron chi connectivity index (χ2n) is 8.54. The van der Waals surface area contributed by atoms with Gasteiger partial charge in [-0.05, 0) is 32.6 Å². The maximum Gasteiger partial charge on any atom is 0.246 e. The molecule has 14 heteroatoms. The Balaban J connectivity index is 1.87. The molecule has 0 aromatic carbocycles. The first-order valence-corrected chi connectivity index (χ1v) is 11.5. The van der Waals surface area contributed by atoms with Crippen molar-refractivity contribution in [2.75, 3.05) is 32.8 Å². The SMILES string of the molecule is C[C@H](NC(=O)CNC(=O)[C@H](CO)NC(=O)[C@@H](N)CO)C(=O)N1CCC[C@H]1C(=O)N1CCC[C@H]1[C]=O. The number of aliphatic hydroxyl groups is 2. The van der Waals surface area contributed by atoms with Crippen molar-refractivity contribution >= 4 is 35.8 Å². The highest BCUT2D eigenvalue weighted by Gasteiger charge is 2.41. The zero-order valence-corrected chi connectivity index (χ0v) is 19.6. The third kappa shape index (κ3) is 7.19. The van der Waals surface area contributed by atoms with Crippen LogP contribution < -0.4 is 21.7 Å². The van der Waals surface area contributed by atoms with Crippen molar-refractivity contribution in [2.24, 2.45) is 5.73 Å². The van der Waals surface area contributed by atoms with Crippen molar-refractivity contribution in [3.8, 4) is 0 Å². The van der Waals surface area contributed by atoms with Crippen LogP contribution in [0.3, 0.4) is 0 Å². The molecule has 35 heavy (non-hydrogen) atoms. The number of likely N-dealkylation sites (tertiary alicyclic amines) is 2. The molecule has 0 aromatic rings. The predicted octanol–water partition coefficient (Wildman–Crippen LogP) is -4.50. The second kappa shape index (κ2) is 13.1. The molecule has 0 aromatic heterocycles. The van der Waals surface area contributed by atoms with Crippen LogP contribution >= 0.6 is 0 Å². The monoisotopic (exact) mass is 497 g/mol. The minimum Gasteiger partial charge on any atom is -0.394 e. The van der Waals surface area contributed by atoms with E-state index in [1.807, 2.05) is 6.29 Å². The number of nitrogens with one attached hydrogen (secondary N) is 3. The molecule has 5 atom stereocenters. The van der Waals surface area contributed by atoms with Gasteiger partial charge in [0.2, 0.25) is 35.8 Å². The normalized spacial score (nSPS) is 22.2. The number of aliphatic hydroxyl groups excluding tert-OH is 2. The van der Waals surface area contributed by atoms with Gasteiger partial charge in [0.15, 0.2) is 0 Å². The number of hydrogen-bond donors (Lipinski definition) is 6. The molecule has 0 bridgehead atoms. The maximum absolute atomic E-state index is 12.9. The van der Waals surface area contributed by atoms with E-state index in [4.69, 9.17) is 10.8 Å². The summed E-state index contributed by atoms with van der Waals surface area (Å²) in [6.45, 7) is 0.260. The fourth-order valence-electron chi connectivity index (χ4n) is 4.08. The number of hydrogen-bond acceptors (Lipinski definition) is 9. The Hall–Kier alpha value is -3.10. The summed E-state index contributed by atoms with van der Waals surface area (Å²) < 4.78 is 0. The average molecular weight is 498 g/mol. The van der Waals surface area contributed by atoms with Gasteiger partial charge in [0.05, 0.1) is 25.8 Å². The Morgan fingerprint density at radius 1 is 1.00 bits per heavy atom. The highest BCUT2D eigenvalue weighted by Crippen LogP contribution is 2.24. The fourth-order valence-corrected chi connectivity index (χ4v) is 4.08. The standard InChI is InChI=1S/C21H33N6O8/c1-12(24-17(31)8-23-19(33)15(11-30)25-18(32)14(22)10-29)20(34)27-7-3-5-16(27)21(35)26-6-2-4-13(26)9-28/h12-16,29-30H,2-8,10-11,22H2,1H3,(H,23,33)(H,24,31)(H,25,32)/t12-,13-,14-,15-,16-/m0/s1. The van der Waals surface area contributed by atoms with Crippen molar-refractivity contribution in [1.82, 2.24) is 25.8 Å². The molecule has 0 aliphatic carbocycles. The van der Waals surface area contributed by atoms with Crippen molar-refractivity contribution in [1.29, 1.82) is 0 Å². The Kier molecular flexibility index (Phi) is 10.5. The summed E-state index contributed by atoms with van der Waals surface area (Å²) in [7, 11) is 0. The van der Waals surface area contributed by atoms with Gasteiger partial charge in [-0.1, -0.05) is 0 Å². The highest BCUT2D eigenvalue weighted by molar-refractivity contribution is 5.95. The molecule has 2 aliphatic rings. The minimum absolute atomic E-state index is 0.300. The molecule has 0 unspecified atom stereocenters. The lowest BCUT2D eigenvalue weighted by Gasteiger charge is -2.31. The van der Waals surface area contributed by atoms with Crippen molar-refractivity contribution in [2.45, 2.75) is 62.8 Å². The van der Waals surface area contributed by atoms with E-state index >= 15 is 0 Å². The fraction of sp³-hybridized carbons (Fsp3) is 0.714. The molecule has 14 nitrogen and oxygen atoms in total. The smallest absolute Gasteiger partial charge is 0.246 e. The molecule has 7 N–H and O–H groups in total. The molecule has 2 aliphatic heterocycles. The summed E-state index contributed by atoms with van der Waals surface area (Å²) in [4.78, 5) is 75.9. The number of carbonyl (C=O) groups is 5. The zero-order valence-electron chi connectivity index (χ0n) is 19.6. The van der Waals surface area contributed by atoms with E-state index in [-0.39, 0.29) is 5.91 Å². The summed E-state index contributed by atoms with van der Waals surface area (Å²) in [6, 6.07) is -4.97. The predicted molar refractivity (Wildman–Crippen MR) is 120 cm³/mol. The van der Waals surface area contributed by atoms with Gasteiger partial charge in [-0.15, -0.1) is 0 Å².